The average Bonchev–Trinajstić information content (AvgIpc) is 2.61. The van der Waals surface area contributed by atoms with Crippen LogP contribution in [0.5, 0.6) is 0 Å². The van der Waals surface area contributed by atoms with Gasteiger partial charge in [0, 0.05) is 11.8 Å². The molecule has 0 aliphatic rings. The quantitative estimate of drug-likeness (QED) is 0.352. The van der Waals surface area contributed by atoms with Crippen molar-refractivity contribution in [2.75, 3.05) is 0 Å². The van der Waals surface area contributed by atoms with E-state index in [-0.39, 0.29) is 16.6 Å². The van der Waals surface area contributed by atoms with E-state index in [1.54, 1.807) is 6.07 Å². The largest absolute Gasteiger partial charge is 0.299 e. The standard InChI is InChI=1S/C26H43FO/c1-9-11-12-13-19(3)22(18-24(28)26(7,8)25(4,5)6)17-20-14-15-23(27)21(10-2)16-20/h14-16,19,22H,9-13,17-18H2,1-8H3. The van der Waals surface area contributed by atoms with Crippen molar-refractivity contribution in [3.63, 3.8) is 0 Å². The Hall–Kier alpha value is -1.18. The molecular weight excluding hydrogens is 347 g/mol. The number of hydrogen-bond donors (Lipinski definition) is 0. The van der Waals surface area contributed by atoms with Crippen molar-refractivity contribution in [2.45, 2.75) is 100 Å². The molecule has 1 nitrogen and oxygen atoms in total. The first-order valence-corrected chi connectivity index (χ1v) is 11.2. The van der Waals surface area contributed by atoms with Crippen LogP contribution in [0.15, 0.2) is 18.2 Å². The van der Waals surface area contributed by atoms with Gasteiger partial charge in [-0.2, -0.15) is 0 Å². The van der Waals surface area contributed by atoms with Crippen LogP contribution in [0.3, 0.4) is 0 Å². The van der Waals surface area contributed by atoms with Crippen LogP contribution in [0.25, 0.3) is 0 Å². The highest BCUT2D eigenvalue weighted by Gasteiger charge is 2.40. The SMILES string of the molecule is CCCCCC(C)C(CC(=O)C(C)(C)C(C)(C)C)Cc1ccc(F)c(CC)c1. The Morgan fingerprint density at radius 1 is 1.07 bits per heavy atom. The third-order valence-electron chi connectivity index (χ3n) is 7.08. The molecule has 0 saturated carbocycles. The molecule has 1 aromatic carbocycles. The fourth-order valence-electron chi connectivity index (χ4n) is 3.67. The van der Waals surface area contributed by atoms with E-state index < -0.39 is 0 Å². The molecule has 0 heterocycles. The van der Waals surface area contributed by atoms with Crippen molar-refractivity contribution >= 4 is 5.78 Å². The molecule has 0 radical (unpaired) electrons. The van der Waals surface area contributed by atoms with Crippen LogP contribution >= 0.6 is 0 Å². The van der Waals surface area contributed by atoms with E-state index in [4.69, 9.17) is 0 Å². The highest BCUT2D eigenvalue weighted by molar-refractivity contribution is 5.85. The number of unbranched alkanes of at least 4 members (excludes halogenated alkanes) is 2. The minimum absolute atomic E-state index is 0.0641. The Bertz CT molecular complexity index is 624. The molecule has 0 aromatic heterocycles. The van der Waals surface area contributed by atoms with E-state index in [0.717, 1.165) is 24.0 Å². The van der Waals surface area contributed by atoms with Gasteiger partial charge < -0.3 is 0 Å². The van der Waals surface area contributed by atoms with Crippen LogP contribution in [-0.4, -0.2) is 5.78 Å². The monoisotopic (exact) mass is 390 g/mol. The van der Waals surface area contributed by atoms with Gasteiger partial charge in [-0.1, -0.05) is 93.2 Å². The molecular formula is C26H43FO. The summed E-state index contributed by atoms with van der Waals surface area (Å²) in [6, 6.07) is 5.49. The van der Waals surface area contributed by atoms with Gasteiger partial charge in [-0.15, -0.1) is 0 Å². The third-order valence-corrected chi connectivity index (χ3v) is 7.08. The normalized spacial score (nSPS) is 14.8. The lowest BCUT2D eigenvalue weighted by Crippen LogP contribution is -2.39. The lowest BCUT2D eigenvalue weighted by atomic mass is 9.64. The molecule has 2 heteroatoms. The lowest BCUT2D eigenvalue weighted by Gasteiger charge is -2.39. The van der Waals surface area contributed by atoms with Crippen molar-refractivity contribution in [3.05, 3.63) is 35.1 Å². The van der Waals surface area contributed by atoms with Crippen LogP contribution in [0.2, 0.25) is 0 Å². The van der Waals surface area contributed by atoms with Crippen molar-refractivity contribution in [3.8, 4) is 0 Å². The summed E-state index contributed by atoms with van der Waals surface area (Å²) in [5.41, 5.74) is 1.51. The zero-order valence-corrected chi connectivity index (χ0v) is 19.6. The fraction of sp³-hybridized carbons (Fsp3) is 0.731. The summed E-state index contributed by atoms with van der Waals surface area (Å²) in [4.78, 5) is 13.3. The van der Waals surface area contributed by atoms with Crippen molar-refractivity contribution < 1.29 is 9.18 Å². The van der Waals surface area contributed by atoms with Gasteiger partial charge in [0.25, 0.3) is 0 Å². The topological polar surface area (TPSA) is 17.1 Å². The van der Waals surface area contributed by atoms with E-state index in [1.165, 1.54) is 19.3 Å². The van der Waals surface area contributed by atoms with Crippen molar-refractivity contribution in [1.29, 1.82) is 0 Å². The second-order valence-electron chi connectivity index (χ2n) is 10.2. The van der Waals surface area contributed by atoms with Gasteiger partial charge in [-0.05, 0) is 47.3 Å². The maximum Gasteiger partial charge on any atom is 0.139 e. The molecule has 0 saturated heterocycles. The maximum absolute atomic E-state index is 13.9. The van der Waals surface area contributed by atoms with E-state index in [1.807, 2.05) is 19.1 Å². The fourth-order valence-corrected chi connectivity index (χ4v) is 3.67. The molecule has 0 fully saturated rings. The number of rotatable bonds is 11. The first kappa shape index (κ1) is 24.9. The van der Waals surface area contributed by atoms with Gasteiger partial charge in [-0.3, -0.25) is 4.79 Å². The van der Waals surface area contributed by atoms with Gasteiger partial charge in [0.05, 0.1) is 0 Å². The number of carbonyl (C=O) groups is 1. The molecule has 0 spiro atoms. The second kappa shape index (κ2) is 10.6. The summed E-state index contributed by atoms with van der Waals surface area (Å²) in [5.74, 6) is 1.02. The minimum atomic E-state index is -0.355. The first-order chi connectivity index (χ1) is 12.9. The molecule has 2 unspecified atom stereocenters. The van der Waals surface area contributed by atoms with Gasteiger partial charge >= 0.3 is 0 Å². The van der Waals surface area contributed by atoms with Crippen LogP contribution in [-0.2, 0) is 17.6 Å². The summed E-state index contributed by atoms with van der Waals surface area (Å²) in [6.45, 7) is 17.1. The Morgan fingerprint density at radius 2 is 1.71 bits per heavy atom. The molecule has 0 N–H and O–H groups in total. The number of hydrogen-bond acceptors (Lipinski definition) is 1. The highest BCUT2D eigenvalue weighted by Crippen LogP contribution is 2.41. The van der Waals surface area contributed by atoms with Gasteiger partial charge in [0.1, 0.15) is 11.6 Å². The van der Waals surface area contributed by atoms with E-state index in [2.05, 4.69) is 48.5 Å². The van der Waals surface area contributed by atoms with E-state index in [9.17, 15) is 9.18 Å². The zero-order valence-electron chi connectivity index (χ0n) is 19.6. The molecule has 2 atom stereocenters. The minimum Gasteiger partial charge on any atom is -0.299 e. The highest BCUT2D eigenvalue weighted by atomic mass is 19.1. The number of Topliss-reactive ketones (excluding diaryl/α,β-unsaturated/α-hetero) is 1. The molecule has 1 rings (SSSR count). The Morgan fingerprint density at radius 3 is 2.25 bits per heavy atom. The van der Waals surface area contributed by atoms with Crippen molar-refractivity contribution in [1.82, 2.24) is 0 Å². The van der Waals surface area contributed by atoms with Gasteiger partial charge in [-0.25, -0.2) is 4.39 Å². The predicted molar refractivity (Wildman–Crippen MR) is 119 cm³/mol. The predicted octanol–water partition coefficient (Wildman–Crippen LogP) is 7.79. The second-order valence-corrected chi connectivity index (χ2v) is 10.2. The average molecular weight is 391 g/mol. The number of benzene rings is 1. The van der Waals surface area contributed by atoms with Crippen LogP contribution < -0.4 is 0 Å². The molecule has 0 amide bonds. The zero-order chi connectivity index (χ0) is 21.5. The van der Waals surface area contributed by atoms with Crippen molar-refractivity contribution in [2.24, 2.45) is 22.7 Å². The summed E-state index contributed by atoms with van der Waals surface area (Å²) in [6.07, 6.45) is 6.99. The molecule has 28 heavy (non-hydrogen) atoms. The number of ketones is 1. The Balaban J connectivity index is 3.03. The summed E-state index contributed by atoms with van der Waals surface area (Å²) in [5, 5.41) is 0. The number of aryl methyl sites for hydroxylation is 1. The summed E-state index contributed by atoms with van der Waals surface area (Å²) >= 11 is 0. The molecule has 0 aliphatic heterocycles. The third kappa shape index (κ3) is 6.71. The smallest absolute Gasteiger partial charge is 0.139 e. The first-order valence-electron chi connectivity index (χ1n) is 11.2. The Labute approximate surface area is 173 Å². The molecule has 0 bridgehead atoms. The Kier molecular flexibility index (Phi) is 9.37. The van der Waals surface area contributed by atoms with E-state index >= 15 is 0 Å². The van der Waals surface area contributed by atoms with Crippen LogP contribution in [0.1, 0.15) is 98.6 Å². The van der Waals surface area contributed by atoms with Gasteiger partial charge in [0.15, 0.2) is 0 Å². The molecule has 0 aliphatic carbocycles. The lowest BCUT2D eigenvalue weighted by molar-refractivity contribution is -0.133. The number of carbonyl (C=O) groups excluding carboxylic acids is 1. The summed E-state index contributed by atoms with van der Waals surface area (Å²) in [7, 11) is 0. The number of halogens is 1. The van der Waals surface area contributed by atoms with Crippen LogP contribution in [0.4, 0.5) is 4.39 Å². The summed E-state index contributed by atoms with van der Waals surface area (Å²) < 4.78 is 13.9. The van der Waals surface area contributed by atoms with E-state index in [0.29, 0.717) is 30.5 Å². The van der Waals surface area contributed by atoms with Crippen LogP contribution in [0, 0.1) is 28.5 Å². The molecule has 1 aromatic rings. The van der Waals surface area contributed by atoms with Gasteiger partial charge in [0.2, 0.25) is 0 Å². The molecule has 160 valence electrons. The maximum atomic E-state index is 13.9.